The Labute approximate surface area is 253 Å². The molecule has 0 unspecified atom stereocenters. The van der Waals surface area contributed by atoms with E-state index in [0.717, 1.165) is 23.5 Å². The lowest BCUT2D eigenvalue weighted by Gasteiger charge is -2.31. The minimum atomic E-state index is -5.06. The number of aromatic nitrogens is 2. The summed E-state index contributed by atoms with van der Waals surface area (Å²) in [5.74, 6) is -3.12. The molecule has 1 aliphatic heterocycles. The molecule has 45 heavy (non-hydrogen) atoms. The first-order chi connectivity index (χ1) is 21.3. The summed E-state index contributed by atoms with van der Waals surface area (Å²) in [5, 5.41) is 13.6. The fourth-order valence-electron chi connectivity index (χ4n) is 6.16. The zero-order valence-corrected chi connectivity index (χ0v) is 23.6. The molecular formula is C29H21F6N3O6S. The van der Waals surface area contributed by atoms with Crippen LogP contribution in [0.2, 0.25) is 0 Å². The van der Waals surface area contributed by atoms with E-state index < -0.39 is 41.9 Å². The van der Waals surface area contributed by atoms with Crippen LogP contribution in [0.5, 0.6) is 5.75 Å². The minimum Gasteiger partial charge on any atom is -0.478 e. The number of thiazole rings is 1. The molecule has 236 valence electrons. The van der Waals surface area contributed by atoms with Crippen molar-refractivity contribution in [2.24, 2.45) is 5.92 Å². The van der Waals surface area contributed by atoms with Crippen molar-refractivity contribution < 1.29 is 55.0 Å². The molecule has 3 aliphatic rings. The van der Waals surface area contributed by atoms with Gasteiger partial charge in [0.1, 0.15) is 22.9 Å². The topological polar surface area (TPSA) is 115 Å². The molecule has 1 saturated heterocycles. The van der Waals surface area contributed by atoms with Gasteiger partial charge in [-0.3, -0.25) is 0 Å². The standard InChI is InChI=1S/C29H21F6N3O6S/c30-28(31,32)17-4-2-1-3-16(17)22-21(24(44-37-22)12-5-6-12)26(41)42-18-10-15-7-14(18)11-38(15)27-36-23-19(43-29(33,34)35)8-13(25(39)40)9-20(23)45-27/h1-4,8-9,12,14-15,18H,5-7,10-11H2,(H,39,40)/t14-,15-,18-/m0/s1. The molecule has 2 saturated carbocycles. The molecule has 9 nitrogen and oxygen atoms in total. The molecule has 2 aliphatic carbocycles. The van der Waals surface area contributed by atoms with Crippen LogP contribution in [-0.2, 0) is 10.9 Å². The van der Waals surface area contributed by atoms with Gasteiger partial charge in [0.15, 0.2) is 16.6 Å². The summed E-state index contributed by atoms with van der Waals surface area (Å²) in [6, 6.07) is 6.60. The maximum Gasteiger partial charge on any atom is 0.573 e. The average molecular weight is 654 g/mol. The first kappa shape index (κ1) is 29.4. The van der Waals surface area contributed by atoms with Gasteiger partial charge in [-0.2, -0.15) is 13.2 Å². The van der Waals surface area contributed by atoms with Gasteiger partial charge in [-0.1, -0.05) is 34.7 Å². The van der Waals surface area contributed by atoms with E-state index in [2.05, 4.69) is 14.9 Å². The Hall–Kier alpha value is -4.34. The first-order valence-corrected chi connectivity index (χ1v) is 14.7. The molecule has 2 aromatic carbocycles. The molecule has 0 amide bonds. The molecule has 7 rings (SSSR count). The van der Waals surface area contributed by atoms with E-state index in [9.17, 15) is 41.0 Å². The first-order valence-electron chi connectivity index (χ1n) is 13.8. The molecule has 3 fully saturated rings. The summed E-state index contributed by atoms with van der Waals surface area (Å²) in [4.78, 5) is 31.3. The Morgan fingerprint density at radius 2 is 1.82 bits per heavy atom. The molecule has 2 aromatic heterocycles. The molecule has 3 heterocycles. The second-order valence-electron chi connectivity index (χ2n) is 11.2. The van der Waals surface area contributed by atoms with E-state index in [1.807, 2.05) is 4.90 Å². The van der Waals surface area contributed by atoms with Crippen molar-refractivity contribution in [1.29, 1.82) is 0 Å². The van der Waals surface area contributed by atoms with Crippen molar-refractivity contribution >= 4 is 38.6 Å². The lowest BCUT2D eigenvalue weighted by Crippen LogP contribution is -2.39. The van der Waals surface area contributed by atoms with E-state index in [1.54, 1.807) is 0 Å². The number of anilines is 1. The van der Waals surface area contributed by atoms with Gasteiger partial charge >= 0.3 is 24.5 Å². The van der Waals surface area contributed by atoms with Crippen LogP contribution in [-0.4, -0.2) is 52.2 Å². The number of halogens is 6. The monoisotopic (exact) mass is 653 g/mol. The number of benzene rings is 2. The maximum absolute atomic E-state index is 13.8. The molecular weight excluding hydrogens is 632 g/mol. The number of hydrogen-bond acceptors (Lipinski definition) is 9. The fourth-order valence-corrected chi connectivity index (χ4v) is 7.27. The highest BCUT2D eigenvalue weighted by molar-refractivity contribution is 7.22. The lowest BCUT2D eigenvalue weighted by molar-refractivity contribution is -0.274. The molecule has 0 spiro atoms. The highest BCUT2D eigenvalue weighted by Gasteiger charge is 2.49. The molecule has 3 atom stereocenters. The Morgan fingerprint density at radius 3 is 2.47 bits per heavy atom. The van der Waals surface area contributed by atoms with Crippen LogP contribution in [0.4, 0.5) is 31.5 Å². The van der Waals surface area contributed by atoms with Crippen molar-refractivity contribution in [3.05, 3.63) is 58.8 Å². The fraction of sp³-hybridized carbons (Fsp3) is 0.379. The Morgan fingerprint density at radius 1 is 1.07 bits per heavy atom. The van der Waals surface area contributed by atoms with Crippen LogP contribution in [0, 0.1) is 5.92 Å². The predicted molar refractivity (Wildman–Crippen MR) is 145 cm³/mol. The van der Waals surface area contributed by atoms with Gasteiger partial charge in [-0.05, 0) is 37.5 Å². The summed E-state index contributed by atoms with van der Waals surface area (Å²) in [6.07, 6.45) is -8.02. The van der Waals surface area contributed by atoms with Crippen molar-refractivity contribution in [2.45, 2.75) is 56.3 Å². The quantitative estimate of drug-likeness (QED) is 0.162. The van der Waals surface area contributed by atoms with Gasteiger partial charge in [0.05, 0.1) is 15.8 Å². The van der Waals surface area contributed by atoms with Crippen LogP contribution >= 0.6 is 11.3 Å². The van der Waals surface area contributed by atoms with E-state index in [-0.39, 0.29) is 56.2 Å². The van der Waals surface area contributed by atoms with Gasteiger partial charge in [-0.15, -0.1) is 13.2 Å². The Kier molecular flexibility index (Phi) is 6.76. The molecule has 4 aromatic rings. The van der Waals surface area contributed by atoms with Crippen molar-refractivity contribution in [1.82, 2.24) is 10.1 Å². The highest BCUT2D eigenvalue weighted by atomic mass is 32.1. The van der Waals surface area contributed by atoms with Gasteiger partial charge in [0.2, 0.25) is 0 Å². The minimum absolute atomic E-state index is 0.119. The third kappa shape index (κ3) is 5.44. The number of carboxylic acids is 1. The second kappa shape index (κ2) is 10.4. The number of rotatable bonds is 7. The number of fused-ring (bicyclic) bond motifs is 3. The maximum atomic E-state index is 13.8. The van der Waals surface area contributed by atoms with Crippen molar-refractivity contribution in [2.75, 3.05) is 11.4 Å². The summed E-state index contributed by atoms with van der Waals surface area (Å²) in [5.41, 5.74) is -2.11. The van der Waals surface area contributed by atoms with E-state index in [1.165, 1.54) is 24.3 Å². The lowest BCUT2D eigenvalue weighted by atomic mass is 9.99. The summed E-state index contributed by atoms with van der Waals surface area (Å²) < 4.78 is 96.1. The molecule has 1 N–H and O–H groups in total. The number of aromatic carboxylic acids is 1. The summed E-state index contributed by atoms with van der Waals surface area (Å²) >= 11 is 1.02. The number of ether oxygens (including phenoxy) is 2. The van der Waals surface area contributed by atoms with E-state index >= 15 is 0 Å². The third-order valence-corrected chi connectivity index (χ3v) is 9.30. The molecule has 0 radical (unpaired) electrons. The van der Waals surface area contributed by atoms with Crippen LogP contribution in [0.1, 0.15) is 63.6 Å². The third-order valence-electron chi connectivity index (χ3n) is 8.26. The second-order valence-corrected chi connectivity index (χ2v) is 12.2. The van der Waals surface area contributed by atoms with E-state index in [0.29, 0.717) is 37.4 Å². The van der Waals surface area contributed by atoms with Crippen LogP contribution < -0.4 is 9.64 Å². The van der Waals surface area contributed by atoms with Gasteiger partial charge < -0.3 is 24.0 Å². The number of alkyl halides is 6. The zero-order chi connectivity index (χ0) is 31.8. The van der Waals surface area contributed by atoms with Crippen LogP contribution in [0.3, 0.4) is 0 Å². The number of carbonyl (C=O) groups excluding carboxylic acids is 1. The molecule has 2 bridgehead atoms. The Balaban J connectivity index is 1.13. The number of hydrogen-bond donors (Lipinski definition) is 1. The van der Waals surface area contributed by atoms with Crippen LogP contribution in [0.25, 0.3) is 21.5 Å². The largest absolute Gasteiger partial charge is 0.573 e. The SMILES string of the molecule is O=C(O)c1cc(OC(F)(F)F)c2nc(N3C[C@@H]4C[C@H]3C[C@@H]4OC(=O)c3c(-c4ccccc4C(F)(F)F)noc3C3CC3)sc2c1. The number of carbonyl (C=O) groups is 2. The molecule has 16 heteroatoms. The highest BCUT2D eigenvalue weighted by Crippen LogP contribution is 2.48. The summed E-state index contributed by atoms with van der Waals surface area (Å²) in [6.45, 7) is 0.340. The Bertz CT molecular complexity index is 1830. The number of esters is 1. The summed E-state index contributed by atoms with van der Waals surface area (Å²) in [7, 11) is 0. The number of piperidine rings is 1. The predicted octanol–water partition coefficient (Wildman–Crippen LogP) is 7.27. The van der Waals surface area contributed by atoms with Crippen LogP contribution in [0.15, 0.2) is 40.9 Å². The van der Waals surface area contributed by atoms with Gasteiger partial charge in [0.25, 0.3) is 0 Å². The average Bonchev–Trinajstić information content (AvgIpc) is 3.29. The van der Waals surface area contributed by atoms with E-state index in [4.69, 9.17) is 9.26 Å². The smallest absolute Gasteiger partial charge is 0.478 e. The van der Waals surface area contributed by atoms with Gasteiger partial charge in [-0.25, -0.2) is 14.6 Å². The zero-order valence-electron chi connectivity index (χ0n) is 22.8. The number of carboxylic acid groups (broad SMARTS) is 1. The van der Waals surface area contributed by atoms with Gasteiger partial charge in [0, 0.05) is 36.4 Å². The normalized spacial score (nSPS) is 21.5. The van der Waals surface area contributed by atoms with Crippen molar-refractivity contribution in [3.63, 3.8) is 0 Å². The number of nitrogens with zero attached hydrogens (tertiary/aromatic N) is 3. The van der Waals surface area contributed by atoms with Crippen molar-refractivity contribution in [3.8, 4) is 17.0 Å².